The average molecular weight is 381 g/mol. The number of carbonyl (C=O) groups excluding carboxylic acids is 2. The van der Waals surface area contributed by atoms with Gasteiger partial charge in [-0.2, -0.15) is 0 Å². The van der Waals surface area contributed by atoms with Crippen LogP contribution >= 0.6 is 0 Å². The number of amides is 2. The number of rotatable bonds is 7. The number of hydrogen-bond acceptors (Lipinski definition) is 4. The topological polar surface area (TPSA) is 62.7 Å². The summed E-state index contributed by atoms with van der Waals surface area (Å²) in [4.78, 5) is 33.5. The molecule has 2 aromatic rings. The highest BCUT2D eigenvalue weighted by molar-refractivity contribution is 5.99. The molecule has 1 aromatic heterocycles. The third-order valence-corrected chi connectivity index (χ3v) is 5.11. The van der Waals surface area contributed by atoms with E-state index in [1.165, 1.54) is 0 Å². The highest BCUT2D eigenvalue weighted by Crippen LogP contribution is 2.31. The Hall–Kier alpha value is -2.89. The van der Waals surface area contributed by atoms with E-state index >= 15 is 0 Å². The van der Waals surface area contributed by atoms with Crippen LogP contribution in [0.5, 0.6) is 5.75 Å². The number of anilines is 1. The van der Waals surface area contributed by atoms with Gasteiger partial charge < -0.3 is 14.5 Å². The van der Waals surface area contributed by atoms with Gasteiger partial charge in [0.1, 0.15) is 12.3 Å². The van der Waals surface area contributed by atoms with E-state index in [1.54, 1.807) is 29.3 Å². The second-order valence-electron chi connectivity index (χ2n) is 7.03. The lowest BCUT2D eigenvalue weighted by molar-refractivity contribution is -0.139. The maximum atomic E-state index is 13.0. The van der Waals surface area contributed by atoms with Crippen LogP contribution in [0.1, 0.15) is 31.7 Å². The zero-order chi connectivity index (χ0) is 19.9. The number of aromatic nitrogens is 1. The van der Waals surface area contributed by atoms with Crippen molar-refractivity contribution in [1.82, 2.24) is 9.88 Å². The SMILES string of the molecule is CCCC[C@@H]1CN(c2ccccc2OC)C(=O)CN1C(=O)Cc1cccnc1. The number of hydrogen-bond donors (Lipinski definition) is 0. The van der Waals surface area contributed by atoms with Gasteiger partial charge in [0.15, 0.2) is 0 Å². The van der Waals surface area contributed by atoms with Crippen molar-refractivity contribution in [3.63, 3.8) is 0 Å². The van der Waals surface area contributed by atoms with E-state index in [-0.39, 0.29) is 30.8 Å². The number of ether oxygens (including phenoxy) is 1. The van der Waals surface area contributed by atoms with Crippen LogP contribution in [0.2, 0.25) is 0 Å². The normalized spacial score (nSPS) is 16.9. The quantitative estimate of drug-likeness (QED) is 0.739. The Morgan fingerprint density at radius 2 is 2.07 bits per heavy atom. The number of benzene rings is 1. The van der Waals surface area contributed by atoms with Gasteiger partial charge in [-0.15, -0.1) is 0 Å². The molecule has 1 saturated heterocycles. The maximum Gasteiger partial charge on any atom is 0.246 e. The molecule has 0 saturated carbocycles. The first kappa shape index (κ1) is 19.9. The maximum absolute atomic E-state index is 13.0. The van der Waals surface area contributed by atoms with Gasteiger partial charge in [-0.3, -0.25) is 14.6 Å². The molecule has 1 fully saturated rings. The molecule has 0 radical (unpaired) electrons. The molecule has 0 N–H and O–H groups in total. The first-order valence-electron chi connectivity index (χ1n) is 9.75. The van der Waals surface area contributed by atoms with Gasteiger partial charge in [-0.1, -0.05) is 38.0 Å². The van der Waals surface area contributed by atoms with Crippen LogP contribution in [0.25, 0.3) is 0 Å². The van der Waals surface area contributed by atoms with Gasteiger partial charge in [-0.05, 0) is 30.2 Å². The summed E-state index contributed by atoms with van der Waals surface area (Å²) in [5.74, 6) is 0.555. The lowest BCUT2D eigenvalue weighted by atomic mass is 10.0. The molecule has 6 heteroatoms. The van der Waals surface area contributed by atoms with Gasteiger partial charge in [-0.25, -0.2) is 0 Å². The van der Waals surface area contributed by atoms with Gasteiger partial charge in [0.05, 0.1) is 25.3 Å². The summed E-state index contributed by atoms with van der Waals surface area (Å²) in [5, 5.41) is 0. The summed E-state index contributed by atoms with van der Waals surface area (Å²) in [6.07, 6.45) is 6.57. The fourth-order valence-electron chi connectivity index (χ4n) is 3.61. The summed E-state index contributed by atoms with van der Waals surface area (Å²) < 4.78 is 5.44. The van der Waals surface area contributed by atoms with E-state index in [2.05, 4.69) is 11.9 Å². The molecule has 0 bridgehead atoms. The minimum atomic E-state index is -0.0863. The first-order chi connectivity index (χ1) is 13.6. The standard InChI is InChI=1S/C22H27N3O3/c1-3-4-9-18-15-25(19-10-5-6-11-20(19)28-2)22(27)16-24(18)21(26)13-17-8-7-12-23-14-17/h5-8,10-12,14,18H,3-4,9,13,15-16H2,1-2H3/t18-/m1/s1. The first-order valence-corrected chi connectivity index (χ1v) is 9.75. The number of carbonyl (C=O) groups is 2. The fraction of sp³-hybridized carbons (Fsp3) is 0.409. The second kappa shape index (κ2) is 9.35. The molecule has 3 rings (SSSR count). The molecular weight excluding hydrogens is 354 g/mol. The molecule has 1 aromatic carbocycles. The van der Waals surface area contributed by atoms with Crippen molar-refractivity contribution >= 4 is 17.5 Å². The van der Waals surface area contributed by atoms with E-state index in [4.69, 9.17) is 4.74 Å². The van der Waals surface area contributed by atoms with E-state index in [0.717, 1.165) is 30.5 Å². The van der Waals surface area contributed by atoms with E-state index < -0.39 is 0 Å². The van der Waals surface area contributed by atoms with Crippen LogP contribution in [0.3, 0.4) is 0 Å². The van der Waals surface area contributed by atoms with Crippen molar-refractivity contribution in [1.29, 1.82) is 0 Å². The molecule has 2 amide bonds. The highest BCUT2D eigenvalue weighted by atomic mass is 16.5. The van der Waals surface area contributed by atoms with Crippen LogP contribution in [0, 0.1) is 0 Å². The third kappa shape index (κ3) is 4.50. The molecule has 0 spiro atoms. The van der Waals surface area contributed by atoms with Crippen LogP contribution in [0.15, 0.2) is 48.8 Å². The molecule has 0 unspecified atom stereocenters. The Morgan fingerprint density at radius 1 is 1.25 bits per heavy atom. The average Bonchev–Trinajstić information content (AvgIpc) is 2.73. The van der Waals surface area contributed by atoms with Crippen LogP contribution in [-0.2, 0) is 16.0 Å². The smallest absolute Gasteiger partial charge is 0.246 e. The predicted molar refractivity (Wildman–Crippen MR) is 108 cm³/mol. The summed E-state index contributed by atoms with van der Waals surface area (Å²) in [6.45, 7) is 2.71. The Morgan fingerprint density at radius 3 is 2.79 bits per heavy atom. The molecule has 1 aliphatic heterocycles. The molecule has 1 aliphatic rings. The Kier molecular flexibility index (Phi) is 6.63. The van der Waals surface area contributed by atoms with Gasteiger partial charge in [0.2, 0.25) is 11.8 Å². The Bertz CT molecular complexity index is 810. The number of nitrogens with zero attached hydrogens (tertiary/aromatic N) is 3. The molecule has 6 nitrogen and oxygen atoms in total. The lowest BCUT2D eigenvalue weighted by Gasteiger charge is -2.41. The molecule has 1 atom stereocenters. The molecule has 0 aliphatic carbocycles. The Balaban J connectivity index is 1.81. The zero-order valence-corrected chi connectivity index (χ0v) is 16.5. The number of unbranched alkanes of at least 4 members (excludes halogenated alkanes) is 1. The van der Waals surface area contributed by atoms with Crippen molar-refractivity contribution in [2.24, 2.45) is 0 Å². The van der Waals surface area contributed by atoms with Gasteiger partial charge in [0.25, 0.3) is 0 Å². The zero-order valence-electron chi connectivity index (χ0n) is 16.5. The monoisotopic (exact) mass is 381 g/mol. The number of piperazine rings is 1. The van der Waals surface area contributed by atoms with E-state index in [0.29, 0.717) is 12.3 Å². The van der Waals surface area contributed by atoms with Crippen molar-refractivity contribution in [2.75, 3.05) is 25.1 Å². The van der Waals surface area contributed by atoms with Crippen molar-refractivity contribution in [3.05, 3.63) is 54.4 Å². The van der Waals surface area contributed by atoms with Crippen molar-refractivity contribution in [3.8, 4) is 5.75 Å². The minimum Gasteiger partial charge on any atom is -0.495 e. The second-order valence-corrected chi connectivity index (χ2v) is 7.03. The molecule has 2 heterocycles. The van der Waals surface area contributed by atoms with Crippen molar-refractivity contribution < 1.29 is 14.3 Å². The largest absolute Gasteiger partial charge is 0.495 e. The van der Waals surface area contributed by atoms with Crippen LogP contribution in [-0.4, -0.2) is 47.9 Å². The van der Waals surface area contributed by atoms with Gasteiger partial charge in [0, 0.05) is 18.9 Å². The van der Waals surface area contributed by atoms with Crippen LogP contribution in [0.4, 0.5) is 5.69 Å². The van der Waals surface area contributed by atoms with Crippen molar-refractivity contribution in [2.45, 2.75) is 38.6 Å². The number of methoxy groups -OCH3 is 1. The molecule has 148 valence electrons. The molecule has 28 heavy (non-hydrogen) atoms. The third-order valence-electron chi connectivity index (χ3n) is 5.11. The fourth-order valence-corrected chi connectivity index (χ4v) is 3.61. The van der Waals surface area contributed by atoms with E-state index in [1.807, 2.05) is 36.4 Å². The summed E-state index contributed by atoms with van der Waals surface area (Å²) in [5.41, 5.74) is 1.62. The summed E-state index contributed by atoms with van der Waals surface area (Å²) in [7, 11) is 1.60. The lowest BCUT2D eigenvalue weighted by Crippen LogP contribution is -2.58. The summed E-state index contributed by atoms with van der Waals surface area (Å²) in [6, 6.07) is 11.2. The number of pyridine rings is 1. The number of para-hydroxylation sites is 2. The summed E-state index contributed by atoms with van der Waals surface area (Å²) >= 11 is 0. The minimum absolute atomic E-state index is 0.00765. The van der Waals surface area contributed by atoms with E-state index in [9.17, 15) is 9.59 Å². The predicted octanol–water partition coefficient (Wildman–Crippen LogP) is 3.07. The van der Waals surface area contributed by atoms with Gasteiger partial charge >= 0.3 is 0 Å². The highest BCUT2D eigenvalue weighted by Gasteiger charge is 2.36. The molecular formula is C22H27N3O3. The Labute approximate surface area is 166 Å². The van der Waals surface area contributed by atoms with Crippen LogP contribution < -0.4 is 9.64 Å².